The van der Waals surface area contributed by atoms with Gasteiger partial charge in [-0.1, -0.05) is 58.3 Å². The third kappa shape index (κ3) is 18.3. The molecule has 194 valence electrons. The molecule has 0 amide bonds. The highest BCUT2D eigenvalue weighted by Crippen LogP contribution is 2.16. The first-order valence-corrected chi connectivity index (χ1v) is 14.8. The molecule has 10 heteroatoms. The summed E-state index contributed by atoms with van der Waals surface area (Å²) >= 11 is 0. The van der Waals surface area contributed by atoms with Gasteiger partial charge in [0, 0.05) is 19.8 Å². The second-order valence-electron chi connectivity index (χ2n) is 8.13. The zero-order chi connectivity index (χ0) is 24.8. The first kappa shape index (κ1) is 32.3. The van der Waals surface area contributed by atoms with Crippen LogP contribution in [0.15, 0.2) is 18.7 Å². The van der Waals surface area contributed by atoms with Crippen molar-refractivity contribution in [3.63, 3.8) is 0 Å². The fourth-order valence-corrected chi connectivity index (χ4v) is 6.29. The third-order valence-corrected chi connectivity index (χ3v) is 8.31. The summed E-state index contributed by atoms with van der Waals surface area (Å²) in [6, 6.07) is 0.815. The summed E-state index contributed by atoms with van der Waals surface area (Å²) in [7, 11) is -4.97. The van der Waals surface area contributed by atoms with E-state index in [4.69, 9.17) is 28.4 Å². The van der Waals surface area contributed by atoms with E-state index in [1.165, 1.54) is 64.2 Å². The Bertz CT molecular complexity index is 531. The number of nitrogens with zero attached hydrogens (tertiary/aromatic N) is 2. The van der Waals surface area contributed by atoms with Crippen molar-refractivity contribution in [3.8, 4) is 0 Å². The molecule has 1 heterocycles. The van der Waals surface area contributed by atoms with Crippen molar-refractivity contribution in [1.29, 1.82) is 0 Å². The van der Waals surface area contributed by atoms with Crippen LogP contribution in [0.3, 0.4) is 0 Å². The molecule has 0 aliphatic heterocycles. The van der Waals surface area contributed by atoms with E-state index in [0.29, 0.717) is 19.8 Å². The molecule has 0 atom stereocenters. The zero-order valence-corrected chi connectivity index (χ0v) is 22.5. The van der Waals surface area contributed by atoms with E-state index in [9.17, 15) is 0 Å². The number of aryl methyl sites for hydroxylation is 2. The molecule has 2 N–H and O–H groups in total. The van der Waals surface area contributed by atoms with E-state index in [1.54, 1.807) is 0 Å². The number of hydrogen-bond donors (Lipinski definition) is 2. The zero-order valence-electron chi connectivity index (χ0n) is 21.5. The van der Waals surface area contributed by atoms with E-state index < -0.39 is 16.1 Å². The van der Waals surface area contributed by atoms with Gasteiger partial charge in [0.15, 0.2) is 0 Å². The smallest absolute Gasteiger partial charge is 0.504 e. The maximum atomic E-state index is 8.64. The molecule has 0 aliphatic carbocycles. The molecule has 0 aromatic carbocycles. The maximum Gasteiger partial charge on any atom is 0.504 e. The van der Waals surface area contributed by atoms with Crippen molar-refractivity contribution in [2.45, 2.75) is 111 Å². The molecule has 0 saturated heterocycles. The molecular formula is C23H49BN2O6Si. The molecule has 0 bridgehead atoms. The van der Waals surface area contributed by atoms with Crippen molar-refractivity contribution in [3.05, 3.63) is 18.7 Å². The monoisotopic (exact) mass is 488 g/mol. The van der Waals surface area contributed by atoms with Gasteiger partial charge in [-0.05, 0) is 33.6 Å². The topological polar surface area (TPSA) is 100 Å². The molecule has 8 nitrogen and oxygen atoms in total. The highest BCUT2D eigenvalue weighted by atomic mass is 28.4. The van der Waals surface area contributed by atoms with Gasteiger partial charge in [0.25, 0.3) is 0 Å². The Kier molecular flexibility index (Phi) is 21.3. The summed E-state index contributed by atoms with van der Waals surface area (Å²) in [4.78, 5) is 0. The number of rotatable bonds is 20. The molecule has 33 heavy (non-hydrogen) atoms. The van der Waals surface area contributed by atoms with Gasteiger partial charge in [0.1, 0.15) is 12.4 Å². The van der Waals surface area contributed by atoms with E-state index in [1.807, 2.05) is 20.8 Å². The molecule has 0 radical (unpaired) electrons. The van der Waals surface area contributed by atoms with Crippen LogP contribution in [0.25, 0.3) is 0 Å². The van der Waals surface area contributed by atoms with Crippen LogP contribution in [0.4, 0.5) is 0 Å². The molecule has 1 rings (SSSR count). The minimum Gasteiger partial charge on any atom is -0.832 e. The molecular weight excluding hydrogens is 439 g/mol. The van der Waals surface area contributed by atoms with Crippen molar-refractivity contribution >= 4 is 16.1 Å². The van der Waals surface area contributed by atoms with Crippen molar-refractivity contribution < 1.29 is 32.9 Å². The minimum absolute atomic E-state index is 0.636. The van der Waals surface area contributed by atoms with Crippen molar-refractivity contribution in [2.24, 2.45) is 0 Å². The standard InChI is InChI=1S/C23H47N2O3Si.BH2O3/c1-5-9-10-11-12-13-14-15-16-17-18-24-19-20-25(23-24)21-22-29(26-6-2,27-7-3)28-8-4;2-1(3)4/h19-20,23H,5-18,21-22H2,1-4H3;2-3H/q+1;-1. The quantitative estimate of drug-likeness (QED) is 0.166. The Morgan fingerprint density at radius 1 is 0.818 bits per heavy atom. The van der Waals surface area contributed by atoms with Crippen LogP contribution in [-0.4, -0.2) is 50.6 Å². The van der Waals surface area contributed by atoms with Gasteiger partial charge in [-0.3, -0.25) is 0 Å². The van der Waals surface area contributed by atoms with Gasteiger partial charge >= 0.3 is 16.1 Å². The van der Waals surface area contributed by atoms with Crippen molar-refractivity contribution in [2.75, 3.05) is 19.8 Å². The van der Waals surface area contributed by atoms with Crippen LogP contribution < -0.4 is 9.59 Å². The largest absolute Gasteiger partial charge is 0.832 e. The van der Waals surface area contributed by atoms with Crippen molar-refractivity contribution in [1.82, 2.24) is 4.57 Å². The second kappa shape index (κ2) is 21.8. The first-order valence-electron chi connectivity index (χ1n) is 12.9. The fourth-order valence-electron chi connectivity index (χ4n) is 3.75. The lowest BCUT2D eigenvalue weighted by atomic mass is 10.1. The Balaban J connectivity index is 0.00000235. The fraction of sp³-hybridized carbons (Fsp3) is 0.870. The van der Waals surface area contributed by atoms with Crippen LogP contribution >= 0.6 is 0 Å². The van der Waals surface area contributed by atoms with Gasteiger partial charge < -0.3 is 28.4 Å². The van der Waals surface area contributed by atoms with Crippen LogP contribution in [0.2, 0.25) is 6.04 Å². The Labute approximate surface area is 203 Å². The predicted octanol–water partition coefficient (Wildman–Crippen LogP) is 3.06. The summed E-state index contributed by atoms with van der Waals surface area (Å²) in [5.41, 5.74) is 0. The molecule has 1 aromatic heterocycles. The molecule has 1 aromatic rings. The van der Waals surface area contributed by atoms with Gasteiger partial charge in [0.2, 0.25) is 6.33 Å². The van der Waals surface area contributed by atoms with Crippen LogP contribution in [-0.2, 0) is 26.4 Å². The van der Waals surface area contributed by atoms with Gasteiger partial charge in [-0.2, -0.15) is 0 Å². The highest BCUT2D eigenvalue weighted by Gasteiger charge is 2.40. The van der Waals surface area contributed by atoms with E-state index in [0.717, 1.165) is 19.1 Å². The highest BCUT2D eigenvalue weighted by molar-refractivity contribution is 6.60. The summed E-state index contributed by atoms with van der Waals surface area (Å²) < 4.78 is 22.4. The Morgan fingerprint density at radius 3 is 1.73 bits per heavy atom. The van der Waals surface area contributed by atoms with Gasteiger partial charge in [-0.15, -0.1) is 0 Å². The average Bonchev–Trinajstić information content (AvgIpc) is 3.22. The molecule has 0 aliphatic rings. The Hall–Kier alpha value is -0.748. The molecule has 0 unspecified atom stereocenters. The van der Waals surface area contributed by atoms with E-state index in [-0.39, 0.29) is 0 Å². The number of aromatic nitrogens is 2. The summed E-state index contributed by atoms with van der Waals surface area (Å²) in [5.74, 6) is 0. The number of imidazole rings is 1. The second-order valence-corrected chi connectivity index (χ2v) is 10.9. The van der Waals surface area contributed by atoms with Crippen LogP contribution in [0, 0.1) is 0 Å². The van der Waals surface area contributed by atoms with Crippen LogP contribution in [0.5, 0.6) is 0 Å². The van der Waals surface area contributed by atoms with Gasteiger partial charge in [-0.25, -0.2) is 9.13 Å². The predicted molar refractivity (Wildman–Crippen MR) is 132 cm³/mol. The minimum atomic E-state index is -2.55. The lowest BCUT2D eigenvalue weighted by molar-refractivity contribution is -0.693. The maximum absolute atomic E-state index is 8.64. The SMILES string of the molecule is CCCCCCCCCCCCn1cc[n+](CC[Si](OCC)(OCC)OCC)c1.[O-]B(O)O. The lowest BCUT2D eigenvalue weighted by Crippen LogP contribution is -2.49. The number of hydrogen-bond acceptors (Lipinski definition) is 6. The van der Waals surface area contributed by atoms with E-state index in [2.05, 4.69) is 34.8 Å². The number of unbranched alkanes of at least 4 members (excludes halogenated alkanes) is 9. The van der Waals surface area contributed by atoms with Gasteiger partial charge in [0.05, 0.1) is 19.1 Å². The average molecular weight is 489 g/mol. The summed E-state index contributed by atoms with van der Waals surface area (Å²) in [5, 5.41) is 22.8. The first-order chi connectivity index (χ1) is 15.9. The summed E-state index contributed by atoms with van der Waals surface area (Å²) in [6.07, 6.45) is 20.3. The molecule has 0 saturated carbocycles. The Morgan fingerprint density at radius 2 is 1.27 bits per heavy atom. The lowest BCUT2D eigenvalue weighted by Gasteiger charge is -2.27. The molecule has 0 fully saturated rings. The normalized spacial score (nSPS) is 11.4. The summed E-state index contributed by atoms with van der Waals surface area (Å²) in [6.45, 7) is 12.2. The van der Waals surface area contributed by atoms with E-state index >= 15 is 0 Å². The molecule has 0 spiro atoms. The van der Waals surface area contributed by atoms with Crippen LogP contribution in [0.1, 0.15) is 91.9 Å². The third-order valence-electron chi connectivity index (χ3n) is 5.29.